The van der Waals surface area contributed by atoms with Crippen molar-refractivity contribution in [3.8, 4) is 6.07 Å². The molecule has 2 amide bonds. The third kappa shape index (κ3) is 7.24. The first-order valence-corrected chi connectivity index (χ1v) is 11.0. The molecule has 2 atom stereocenters. The van der Waals surface area contributed by atoms with Crippen molar-refractivity contribution in [3.63, 3.8) is 0 Å². The molecule has 1 aromatic heterocycles. The van der Waals surface area contributed by atoms with E-state index in [0.717, 1.165) is 17.3 Å². The number of aromatic nitrogens is 1. The zero-order valence-electron chi connectivity index (χ0n) is 19.8. The van der Waals surface area contributed by atoms with Crippen LogP contribution in [0.1, 0.15) is 58.2 Å². The topological polar surface area (TPSA) is 133 Å². The fourth-order valence-electron chi connectivity index (χ4n) is 3.44. The van der Waals surface area contributed by atoms with Crippen molar-refractivity contribution in [1.29, 1.82) is 5.26 Å². The van der Waals surface area contributed by atoms with Crippen molar-refractivity contribution in [2.24, 2.45) is 0 Å². The Bertz CT molecular complexity index is 1030. The fraction of sp³-hybridized carbons (Fsp3) is 0.500. The standard InChI is InChI=1S/C24H32N4O5/c1-6-7-11-18(22(30)32-5)27-21(29)19(28-23(31)33-24(2,3)4)13-16-15-10-8-9-12-17(15)26-20(16)14-25/h8-10,12,18-19,26H,6-7,11,13H2,1-5H3,(H,27,29)(H,28,31)/t18-,19-/m1/s1. The quantitative estimate of drug-likeness (QED) is 0.496. The molecule has 0 spiro atoms. The number of methoxy groups -OCH3 is 1. The van der Waals surface area contributed by atoms with Gasteiger partial charge in [0.1, 0.15) is 29.4 Å². The fourth-order valence-corrected chi connectivity index (χ4v) is 3.44. The summed E-state index contributed by atoms with van der Waals surface area (Å²) >= 11 is 0. The number of benzene rings is 1. The number of alkyl carbamates (subject to hydrolysis) is 1. The van der Waals surface area contributed by atoms with Gasteiger partial charge in [-0.05, 0) is 38.8 Å². The highest BCUT2D eigenvalue weighted by atomic mass is 16.6. The van der Waals surface area contributed by atoms with Crippen molar-refractivity contribution in [3.05, 3.63) is 35.5 Å². The van der Waals surface area contributed by atoms with E-state index in [4.69, 9.17) is 9.47 Å². The molecule has 0 saturated carbocycles. The lowest BCUT2D eigenvalue weighted by Gasteiger charge is -2.25. The van der Waals surface area contributed by atoms with Crippen molar-refractivity contribution in [2.75, 3.05) is 7.11 Å². The summed E-state index contributed by atoms with van der Waals surface area (Å²) in [5.74, 6) is -1.13. The molecule has 0 aliphatic heterocycles. The van der Waals surface area contributed by atoms with Gasteiger partial charge in [-0.15, -0.1) is 0 Å². The van der Waals surface area contributed by atoms with Crippen molar-refractivity contribution < 1.29 is 23.9 Å². The summed E-state index contributed by atoms with van der Waals surface area (Å²) in [4.78, 5) is 40.9. The summed E-state index contributed by atoms with van der Waals surface area (Å²) in [6.07, 6.45) is 1.21. The summed E-state index contributed by atoms with van der Waals surface area (Å²) in [7, 11) is 1.26. The monoisotopic (exact) mass is 456 g/mol. The Morgan fingerprint density at radius 2 is 1.85 bits per heavy atom. The van der Waals surface area contributed by atoms with E-state index in [1.807, 2.05) is 31.2 Å². The predicted molar refractivity (Wildman–Crippen MR) is 123 cm³/mol. The van der Waals surface area contributed by atoms with Crippen LogP contribution < -0.4 is 10.6 Å². The molecule has 9 heteroatoms. The Hall–Kier alpha value is -3.54. The second-order valence-electron chi connectivity index (χ2n) is 8.77. The van der Waals surface area contributed by atoms with Gasteiger partial charge in [-0.3, -0.25) is 4.79 Å². The van der Waals surface area contributed by atoms with Crippen LogP contribution in [0.4, 0.5) is 4.79 Å². The number of ether oxygens (including phenoxy) is 2. The third-order valence-electron chi connectivity index (χ3n) is 4.99. The van der Waals surface area contributed by atoms with Crippen LogP contribution in [0.3, 0.4) is 0 Å². The lowest BCUT2D eigenvalue weighted by Crippen LogP contribution is -2.53. The van der Waals surface area contributed by atoms with Crippen molar-refractivity contribution in [1.82, 2.24) is 15.6 Å². The number of unbranched alkanes of at least 4 members (excludes halogenated alkanes) is 1. The Labute approximate surface area is 193 Å². The molecule has 2 rings (SSSR count). The van der Waals surface area contributed by atoms with Crippen LogP contribution in [0.25, 0.3) is 10.9 Å². The minimum Gasteiger partial charge on any atom is -0.467 e. The molecule has 178 valence electrons. The van der Waals surface area contributed by atoms with E-state index < -0.39 is 35.7 Å². The number of para-hydroxylation sites is 1. The van der Waals surface area contributed by atoms with Crippen LogP contribution in [-0.2, 0) is 25.5 Å². The molecule has 1 heterocycles. The van der Waals surface area contributed by atoms with E-state index in [9.17, 15) is 19.6 Å². The first-order chi connectivity index (χ1) is 15.6. The minimum absolute atomic E-state index is 0.0274. The molecule has 0 radical (unpaired) electrons. The maximum absolute atomic E-state index is 13.2. The Kier molecular flexibility index (Phi) is 8.85. The molecule has 3 N–H and O–H groups in total. The van der Waals surface area contributed by atoms with Crippen molar-refractivity contribution in [2.45, 2.75) is 71.1 Å². The SMILES string of the molecule is CCCC[C@@H](NC(=O)[C@@H](Cc1c(C#N)[nH]c2ccccc12)NC(=O)OC(C)(C)C)C(=O)OC. The number of hydrogen-bond donors (Lipinski definition) is 3. The Morgan fingerprint density at radius 1 is 1.15 bits per heavy atom. The molecule has 2 aromatic rings. The molecule has 0 unspecified atom stereocenters. The van der Waals surface area contributed by atoms with Gasteiger partial charge in [-0.1, -0.05) is 38.0 Å². The van der Waals surface area contributed by atoms with Crippen LogP contribution in [0, 0.1) is 11.3 Å². The number of fused-ring (bicyclic) bond motifs is 1. The summed E-state index contributed by atoms with van der Waals surface area (Å²) in [5.41, 5.74) is 0.873. The number of nitrogens with one attached hydrogen (secondary N) is 3. The Morgan fingerprint density at radius 3 is 2.45 bits per heavy atom. The number of nitriles is 1. The lowest BCUT2D eigenvalue weighted by atomic mass is 10.0. The van der Waals surface area contributed by atoms with E-state index in [1.54, 1.807) is 20.8 Å². The normalized spacial score (nSPS) is 13.0. The maximum Gasteiger partial charge on any atom is 0.408 e. The molecule has 9 nitrogen and oxygen atoms in total. The van der Waals surface area contributed by atoms with E-state index in [1.165, 1.54) is 7.11 Å². The van der Waals surface area contributed by atoms with Crippen LogP contribution in [0.2, 0.25) is 0 Å². The molecular formula is C24H32N4O5. The summed E-state index contributed by atoms with van der Waals surface area (Å²) < 4.78 is 10.1. The van der Waals surface area contributed by atoms with Crippen molar-refractivity contribution >= 4 is 28.9 Å². The number of carbonyl (C=O) groups excluding carboxylic acids is 3. The third-order valence-corrected chi connectivity index (χ3v) is 4.99. The van der Waals surface area contributed by atoms with Gasteiger partial charge in [0.25, 0.3) is 0 Å². The number of esters is 1. The zero-order valence-corrected chi connectivity index (χ0v) is 19.8. The molecule has 0 fully saturated rings. The lowest BCUT2D eigenvalue weighted by molar-refractivity contribution is -0.145. The molecule has 0 bridgehead atoms. The van der Waals surface area contributed by atoms with E-state index >= 15 is 0 Å². The molecule has 33 heavy (non-hydrogen) atoms. The highest BCUT2D eigenvalue weighted by Gasteiger charge is 2.30. The number of hydrogen-bond acceptors (Lipinski definition) is 6. The van der Waals surface area contributed by atoms with Gasteiger partial charge < -0.3 is 25.1 Å². The average molecular weight is 457 g/mol. The predicted octanol–water partition coefficient (Wildman–Crippen LogP) is 3.32. The molecular weight excluding hydrogens is 424 g/mol. The number of amides is 2. The van der Waals surface area contributed by atoms with Gasteiger partial charge in [0.15, 0.2) is 0 Å². The van der Waals surface area contributed by atoms with E-state index in [0.29, 0.717) is 24.1 Å². The average Bonchev–Trinajstić information content (AvgIpc) is 3.11. The first kappa shape index (κ1) is 25.7. The molecule has 0 saturated heterocycles. The maximum atomic E-state index is 13.2. The number of carbonyl (C=O) groups is 3. The summed E-state index contributed by atoms with van der Waals surface area (Å²) in [6.45, 7) is 7.12. The van der Waals surface area contributed by atoms with Gasteiger partial charge in [-0.25, -0.2) is 9.59 Å². The van der Waals surface area contributed by atoms with Crippen LogP contribution in [-0.4, -0.2) is 47.7 Å². The summed E-state index contributed by atoms with van der Waals surface area (Å²) in [5, 5.41) is 15.7. The first-order valence-electron chi connectivity index (χ1n) is 11.0. The van der Waals surface area contributed by atoms with Crippen LogP contribution in [0.5, 0.6) is 0 Å². The van der Waals surface area contributed by atoms with E-state index in [2.05, 4.69) is 21.7 Å². The highest BCUT2D eigenvalue weighted by molar-refractivity contribution is 5.91. The highest BCUT2D eigenvalue weighted by Crippen LogP contribution is 2.23. The second-order valence-corrected chi connectivity index (χ2v) is 8.77. The number of nitrogens with zero attached hydrogens (tertiary/aromatic N) is 1. The van der Waals surface area contributed by atoms with Gasteiger partial charge in [0.2, 0.25) is 5.91 Å². The second kappa shape index (κ2) is 11.4. The number of rotatable bonds is 9. The van der Waals surface area contributed by atoms with E-state index in [-0.39, 0.29) is 6.42 Å². The van der Waals surface area contributed by atoms with Gasteiger partial charge in [0, 0.05) is 17.3 Å². The molecule has 0 aliphatic rings. The van der Waals surface area contributed by atoms with Crippen LogP contribution >= 0.6 is 0 Å². The number of H-pyrrole nitrogens is 1. The molecule has 0 aliphatic carbocycles. The molecule has 1 aromatic carbocycles. The Balaban J connectivity index is 2.35. The number of aromatic amines is 1. The summed E-state index contributed by atoms with van der Waals surface area (Å²) in [6, 6.07) is 7.51. The largest absolute Gasteiger partial charge is 0.467 e. The zero-order chi connectivity index (χ0) is 24.6. The van der Waals surface area contributed by atoms with Gasteiger partial charge in [0.05, 0.1) is 7.11 Å². The van der Waals surface area contributed by atoms with Gasteiger partial charge >= 0.3 is 12.1 Å². The smallest absolute Gasteiger partial charge is 0.408 e. The van der Waals surface area contributed by atoms with Gasteiger partial charge in [-0.2, -0.15) is 5.26 Å². The van der Waals surface area contributed by atoms with Crippen LogP contribution in [0.15, 0.2) is 24.3 Å². The minimum atomic E-state index is -1.08.